The molecule has 13 nitrogen and oxygen atoms in total. The number of rotatable bonds is 12. The number of amides is 1. The van der Waals surface area contributed by atoms with Crippen molar-refractivity contribution in [2.45, 2.75) is 38.6 Å². The van der Waals surface area contributed by atoms with E-state index in [0.29, 0.717) is 54.6 Å². The molecule has 3 aromatic rings. The van der Waals surface area contributed by atoms with Gasteiger partial charge in [-0.05, 0) is 30.2 Å². The molecule has 0 radical (unpaired) electrons. The Morgan fingerprint density at radius 3 is 2.75 bits per heavy atom. The number of carbonyl (C=O) groups is 1. The van der Waals surface area contributed by atoms with E-state index in [1.165, 1.54) is 6.39 Å². The molecule has 0 bridgehead atoms. The second kappa shape index (κ2) is 14.1. The number of ether oxygens (including phenoxy) is 2. The third-order valence-corrected chi connectivity index (χ3v) is 8.65. The highest BCUT2D eigenvalue weighted by Crippen LogP contribution is 2.34. The number of aliphatic hydroxyl groups is 1. The van der Waals surface area contributed by atoms with Gasteiger partial charge in [0.2, 0.25) is 5.95 Å². The Balaban J connectivity index is 1.03. The van der Waals surface area contributed by atoms with E-state index < -0.39 is 6.10 Å². The zero-order chi connectivity index (χ0) is 30.5. The first-order chi connectivity index (χ1) is 21.4. The number of carbonyl (C=O) groups excluding carboxylic acids is 1. The van der Waals surface area contributed by atoms with Crippen molar-refractivity contribution in [3.8, 4) is 5.75 Å². The van der Waals surface area contributed by atoms with Crippen molar-refractivity contribution in [1.29, 1.82) is 0 Å². The average Bonchev–Trinajstić information content (AvgIpc) is 3.55. The number of piperazine rings is 1. The number of fused-ring (bicyclic) bond motifs is 1. The van der Waals surface area contributed by atoms with Crippen LogP contribution in [0.1, 0.15) is 34.3 Å². The summed E-state index contributed by atoms with van der Waals surface area (Å²) in [5.74, 6) is 2.02. The second-order valence-corrected chi connectivity index (χ2v) is 11.7. The minimum absolute atomic E-state index is 0.102. The number of hydrogen-bond acceptors (Lipinski definition) is 12. The van der Waals surface area contributed by atoms with Crippen LogP contribution < -0.4 is 20.3 Å². The Kier molecular flexibility index (Phi) is 9.77. The summed E-state index contributed by atoms with van der Waals surface area (Å²) >= 11 is 6.67. The van der Waals surface area contributed by atoms with Gasteiger partial charge in [0.25, 0.3) is 5.91 Å². The second-order valence-electron chi connectivity index (χ2n) is 11.4. The van der Waals surface area contributed by atoms with Gasteiger partial charge in [-0.2, -0.15) is 4.98 Å². The molecule has 236 valence electrons. The number of nitrogens with zero attached hydrogens (tertiary/aromatic N) is 6. The summed E-state index contributed by atoms with van der Waals surface area (Å²) in [6.07, 6.45) is 2.95. The summed E-state index contributed by atoms with van der Waals surface area (Å²) in [6, 6.07) is 5.70. The van der Waals surface area contributed by atoms with E-state index in [9.17, 15) is 9.90 Å². The van der Waals surface area contributed by atoms with Gasteiger partial charge in [0.15, 0.2) is 12.2 Å². The van der Waals surface area contributed by atoms with Crippen molar-refractivity contribution in [1.82, 2.24) is 30.1 Å². The Hall–Kier alpha value is -3.49. The highest BCUT2D eigenvalue weighted by Gasteiger charge is 2.25. The first-order valence-electron chi connectivity index (χ1n) is 15.1. The van der Waals surface area contributed by atoms with E-state index in [-0.39, 0.29) is 30.8 Å². The molecule has 5 heterocycles. The number of benzene rings is 1. The molecule has 1 aromatic carbocycles. The molecule has 3 aliphatic heterocycles. The van der Waals surface area contributed by atoms with E-state index in [2.05, 4.69) is 42.2 Å². The number of β-amino-alcohol motifs (C(OH)–C–C–N with tert-alkyl or cyclic N) is 1. The largest absolute Gasteiger partial charge is 0.484 e. The van der Waals surface area contributed by atoms with Crippen LogP contribution in [0.25, 0.3) is 0 Å². The summed E-state index contributed by atoms with van der Waals surface area (Å²) in [5, 5.41) is 17.7. The number of anilines is 2. The predicted octanol–water partition coefficient (Wildman–Crippen LogP) is 1.80. The molecule has 0 unspecified atom stereocenters. The number of nitrogens with one attached hydrogen (secondary N) is 2. The molecule has 2 aromatic heterocycles. The van der Waals surface area contributed by atoms with Crippen molar-refractivity contribution in [3.63, 3.8) is 0 Å². The van der Waals surface area contributed by atoms with Crippen LogP contribution in [0.3, 0.4) is 0 Å². The van der Waals surface area contributed by atoms with Gasteiger partial charge in [-0.3, -0.25) is 9.69 Å². The maximum atomic E-state index is 13.2. The lowest BCUT2D eigenvalue weighted by Crippen LogP contribution is -2.47. The van der Waals surface area contributed by atoms with Crippen LogP contribution in [0.15, 0.2) is 35.2 Å². The highest BCUT2D eigenvalue weighted by atomic mass is 35.5. The molecule has 0 aliphatic carbocycles. The standard InChI is InChI=1S/C30H39ClN8O5/c1-2-37-7-9-39(10-8-37)30-35-25(11-27(36-30)34-21-16-42-17-21)29(41)33-12-22(40)15-38-6-5-24-20(14-38)3-4-26(28(24)31)43-18-23-13-32-19-44-23/h3-4,11,13,19,21-22,40H,2,5-10,12,14-18H2,1H3,(H,33,41)(H,34,35,36)/t22-/m0/s1. The number of oxazole rings is 1. The monoisotopic (exact) mass is 626 g/mol. The van der Waals surface area contributed by atoms with Crippen LogP contribution in [-0.4, -0.2) is 113 Å². The summed E-state index contributed by atoms with van der Waals surface area (Å²) in [4.78, 5) is 33.1. The Morgan fingerprint density at radius 1 is 1.18 bits per heavy atom. The minimum atomic E-state index is -0.756. The normalized spacial score (nSPS) is 18.4. The van der Waals surface area contributed by atoms with E-state index in [1.54, 1.807) is 12.3 Å². The zero-order valence-electron chi connectivity index (χ0n) is 24.9. The topological polar surface area (TPSA) is 141 Å². The molecule has 2 saturated heterocycles. The third-order valence-electron chi connectivity index (χ3n) is 8.24. The number of likely N-dealkylation sites (N-methyl/N-ethyl adjacent to an activating group) is 1. The summed E-state index contributed by atoms with van der Waals surface area (Å²) < 4.78 is 16.3. The molecule has 3 aliphatic rings. The smallest absolute Gasteiger partial charge is 0.270 e. The third kappa shape index (κ3) is 7.41. The van der Waals surface area contributed by atoms with Gasteiger partial charge in [0, 0.05) is 58.4 Å². The number of aromatic nitrogens is 3. The van der Waals surface area contributed by atoms with E-state index in [0.717, 1.165) is 56.8 Å². The molecule has 0 saturated carbocycles. The average molecular weight is 627 g/mol. The minimum Gasteiger partial charge on any atom is -0.484 e. The summed E-state index contributed by atoms with van der Waals surface area (Å²) in [7, 11) is 0. The molecule has 44 heavy (non-hydrogen) atoms. The molecular weight excluding hydrogens is 588 g/mol. The van der Waals surface area contributed by atoms with Crippen molar-refractivity contribution < 1.29 is 23.8 Å². The quantitative estimate of drug-likeness (QED) is 0.270. The lowest BCUT2D eigenvalue weighted by molar-refractivity contribution is 0.0209. The molecule has 2 fully saturated rings. The number of hydrogen-bond donors (Lipinski definition) is 3. The van der Waals surface area contributed by atoms with Crippen LogP contribution in [0.2, 0.25) is 5.02 Å². The van der Waals surface area contributed by atoms with Gasteiger partial charge in [0.05, 0.1) is 36.6 Å². The van der Waals surface area contributed by atoms with Crippen molar-refractivity contribution in [2.24, 2.45) is 0 Å². The van der Waals surface area contributed by atoms with E-state index in [4.69, 9.17) is 30.5 Å². The van der Waals surface area contributed by atoms with Gasteiger partial charge < -0.3 is 39.4 Å². The Morgan fingerprint density at radius 2 is 2.02 bits per heavy atom. The summed E-state index contributed by atoms with van der Waals surface area (Å²) in [6.45, 7) is 9.95. The van der Waals surface area contributed by atoms with E-state index in [1.807, 2.05) is 12.1 Å². The number of halogens is 1. The highest BCUT2D eigenvalue weighted by molar-refractivity contribution is 6.33. The fourth-order valence-electron chi connectivity index (χ4n) is 5.60. The Bertz CT molecular complexity index is 1410. The molecule has 6 rings (SSSR count). The van der Waals surface area contributed by atoms with E-state index >= 15 is 0 Å². The SMILES string of the molecule is CCN1CCN(c2nc(NC3COC3)cc(C(=O)NC[C@H](O)CN3CCc4c(ccc(OCc5cnco5)c4Cl)C3)n2)CC1. The van der Waals surface area contributed by atoms with Gasteiger partial charge >= 0.3 is 0 Å². The van der Waals surface area contributed by atoms with Gasteiger partial charge in [-0.15, -0.1) is 0 Å². The fraction of sp³-hybridized carbons (Fsp3) is 0.533. The molecule has 3 N–H and O–H groups in total. The summed E-state index contributed by atoms with van der Waals surface area (Å²) in [5.41, 5.74) is 2.41. The van der Waals surface area contributed by atoms with Crippen LogP contribution in [-0.2, 0) is 24.3 Å². The van der Waals surface area contributed by atoms with Crippen molar-refractivity contribution in [2.75, 3.05) is 75.8 Å². The maximum Gasteiger partial charge on any atom is 0.270 e. The maximum absolute atomic E-state index is 13.2. The zero-order valence-corrected chi connectivity index (χ0v) is 25.6. The van der Waals surface area contributed by atoms with Crippen molar-refractivity contribution in [3.05, 3.63) is 58.4 Å². The Labute approximate surface area is 261 Å². The lowest BCUT2D eigenvalue weighted by atomic mass is 9.99. The van der Waals surface area contributed by atoms with Crippen molar-refractivity contribution >= 4 is 29.3 Å². The first kappa shape index (κ1) is 30.5. The van der Waals surface area contributed by atoms with Crippen LogP contribution >= 0.6 is 11.6 Å². The first-order valence-corrected chi connectivity index (χ1v) is 15.5. The lowest BCUT2D eigenvalue weighted by Gasteiger charge is -2.34. The van der Waals surface area contributed by atoms with Crippen LogP contribution in [0, 0.1) is 0 Å². The van der Waals surface area contributed by atoms with Crippen LogP contribution in [0.5, 0.6) is 5.75 Å². The molecular formula is C30H39ClN8O5. The van der Waals surface area contributed by atoms with Gasteiger partial charge in [0.1, 0.15) is 23.9 Å². The molecule has 0 spiro atoms. The molecule has 14 heteroatoms. The molecule has 1 atom stereocenters. The van der Waals surface area contributed by atoms with Crippen LogP contribution in [0.4, 0.5) is 11.8 Å². The fourth-order valence-corrected chi connectivity index (χ4v) is 5.93. The van der Waals surface area contributed by atoms with Gasteiger partial charge in [-0.1, -0.05) is 24.6 Å². The molecule has 1 amide bonds. The number of aliphatic hydroxyl groups excluding tert-OH is 1. The predicted molar refractivity (Wildman–Crippen MR) is 164 cm³/mol. The van der Waals surface area contributed by atoms with Gasteiger partial charge in [-0.25, -0.2) is 9.97 Å².